The van der Waals surface area contributed by atoms with E-state index in [-0.39, 0.29) is 16.2 Å². The first-order chi connectivity index (χ1) is 13.5. The van der Waals surface area contributed by atoms with Crippen LogP contribution in [0.5, 0.6) is 17.2 Å². The maximum absolute atomic E-state index is 12.8. The van der Waals surface area contributed by atoms with E-state index in [0.29, 0.717) is 17.2 Å². The van der Waals surface area contributed by atoms with Gasteiger partial charge in [-0.15, -0.1) is 0 Å². The second-order valence-electron chi connectivity index (χ2n) is 7.24. The van der Waals surface area contributed by atoms with Crippen molar-refractivity contribution in [1.82, 2.24) is 4.72 Å². The Hall–Kier alpha value is -2.78. The van der Waals surface area contributed by atoms with Crippen LogP contribution in [0.1, 0.15) is 31.1 Å². The van der Waals surface area contributed by atoms with Gasteiger partial charge in [0.15, 0.2) is 0 Å². The van der Waals surface area contributed by atoms with Gasteiger partial charge in [-0.1, -0.05) is 0 Å². The number of anilines is 1. The molecule has 158 valence electrons. The van der Waals surface area contributed by atoms with Crippen molar-refractivity contribution in [2.24, 2.45) is 0 Å². The second kappa shape index (κ2) is 8.71. The Labute approximate surface area is 171 Å². The van der Waals surface area contributed by atoms with Crippen LogP contribution in [0.2, 0.25) is 0 Å². The quantitative estimate of drug-likeness (QED) is 0.711. The van der Waals surface area contributed by atoms with Crippen molar-refractivity contribution >= 4 is 21.6 Å². The van der Waals surface area contributed by atoms with E-state index in [1.807, 2.05) is 0 Å². The van der Waals surface area contributed by atoms with Crippen LogP contribution in [0.15, 0.2) is 41.3 Å². The van der Waals surface area contributed by atoms with Crippen LogP contribution < -0.4 is 24.2 Å². The highest BCUT2D eigenvalue weighted by molar-refractivity contribution is 7.89. The zero-order valence-corrected chi connectivity index (χ0v) is 18.1. The molecule has 0 spiro atoms. The van der Waals surface area contributed by atoms with Crippen LogP contribution in [0.25, 0.3) is 0 Å². The zero-order chi connectivity index (χ0) is 21.8. The molecule has 0 heterocycles. The van der Waals surface area contributed by atoms with E-state index in [1.165, 1.54) is 39.5 Å². The van der Waals surface area contributed by atoms with Crippen molar-refractivity contribution in [3.05, 3.63) is 42.0 Å². The highest BCUT2D eigenvalue weighted by atomic mass is 32.2. The van der Waals surface area contributed by atoms with Gasteiger partial charge in [-0.3, -0.25) is 4.79 Å². The molecule has 0 bridgehead atoms. The number of carbonyl (C=O) groups excluding carboxylic acids is 1. The third-order valence-electron chi connectivity index (χ3n) is 3.81. The van der Waals surface area contributed by atoms with Gasteiger partial charge in [-0.25, -0.2) is 13.1 Å². The number of rotatable bonds is 7. The number of benzene rings is 2. The predicted molar refractivity (Wildman–Crippen MR) is 111 cm³/mol. The van der Waals surface area contributed by atoms with Gasteiger partial charge in [0.25, 0.3) is 5.91 Å². The summed E-state index contributed by atoms with van der Waals surface area (Å²) in [5.41, 5.74) is -0.161. The minimum atomic E-state index is -3.91. The van der Waals surface area contributed by atoms with E-state index in [2.05, 4.69) is 10.0 Å². The van der Waals surface area contributed by atoms with E-state index in [0.717, 1.165) is 0 Å². The molecule has 29 heavy (non-hydrogen) atoms. The lowest BCUT2D eigenvalue weighted by atomic mass is 10.1. The number of sulfonamides is 1. The smallest absolute Gasteiger partial charge is 0.255 e. The molecule has 0 aliphatic rings. The molecule has 0 aliphatic heterocycles. The van der Waals surface area contributed by atoms with E-state index in [1.54, 1.807) is 39.0 Å². The molecule has 0 fully saturated rings. The molecule has 0 aliphatic carbocycles. The van der Waals surface area contributed by atoms with Crippen molar-refractivity contribution < 1.29 is 27.4 Å². The fraction of sp³-hybridized carbons (Fsp3) is 0.350. The molecule has 0 saturated heterocycles. The third kappa shape index (κ3) is 5.61. The molecule has 9 heteroatoms. The van der Waals surface area contributed by atoms with Crippen LogP contribution >= 0.6 is 0 Å². The molecule has 2 N–H and O–H groups in total. The summed E-state index contributed by atoms with van der Waals surface area (Å²) < 4.78 is 43.7. The Morgan fingerprint density at radius 3 is 2.07 bits per heavy atom. The average Bonchev–Trinajstić information content (AvgIpc) is 2.65. The van der Waals surface area contributed by atoms with Gasteiger partial charge in [-0.2, -0.15) is 0 Å². The Balaban J connectivity index is 2.43. The largest absolute Gasteiger partial charge is 0.497 e. The Kier molecular flexibility index (Phi) is 6.76. The number of ether oxygens (including phenoxy) is 3. The SMILES string of the molecule is COc1ccc(OC)c(NC(=O)c2ccc(OC)c(S(=O)(=O)NC(C)(C)C)c2)c1. The fourth-order valence-electron chi connectivity index (χ4n) is 2.59. The molecule has 0 saturated carbocycles. The first kappa shape index (κ1) is 22.5. The van der Waals surface area contributed by atoms with Gasteiger partial charge >= 0.3 is 0 Å². The Bertz CT molecular complexity index is 997. The zero-order valence-electron chi connectivity index (χ0n) is 17.3. The van der Waals surface area contributed by atoms with Gasteiger partial charge in [0.2, 0.25) is 10.0 Å². The molecule has 0 aromatic heterocycles. The monoisotopic (exact) mass is 422 g/mol. The van der Waals surface area contributed by atoms with Gasteiger partial charge < -0.3 is 19.5 Å². The lowest BCUT2D eigenvalue weighted by Crippen LogP contribution is -2.40. The van der Waals surface area contributed by atoms with Crippen LogP contribution in [0.3, 0.4) is 0 Å². The minimum Gasteiger partial charge on any atom is -0.497 e. The van der Waals surface area contributed by atoms with Gasteiger partial charge in [0, 0.05) is 17.2 Å². The van der Waals surface area contributed by atoms with E-state index >= 15 is 0 Å². The molecule has 2 aromatic carbocycles. The third-order valence-corrected chi connectivity index (χ3v) is 5.59. The molecule has 0 unspecified atom stereocenters. The van der Waals surface area contributed by atoms with Crippen LogP contribution in [0.4, 0.5) is 5.69 Å². The van der Waals surface area contributed by atoms with Crippen molar-refractivity contribution in [3.63, 3.8) is 0 Å². The summed E-state index contributed by atoms with van der Waals surface area (Å²) in [4.78, 5) is 12.7. The topological polar surface area (TPSA) is 103 Å². The summed E-state index contributed by atoms with van der Waals surface area (Å²) in [7, 11) is 0.445. The molecular weight excluding hydrogens is 396 g/mol. The first-order valence-corrected chi connectivity index (χ1v) is 10.2. The number of hydrogen-bond donors (Lipinski definition) is 2. The molecule has 2 aromatic rings. The molecule has 0 atom stereocenters. The first-order valence-electron chi connectivity index (χ1n) is 8.76. The number of nitrogens with one attached hydrogen (secondary N) is 2. The van der Waals surface area contributed by atoms with Crippen molar-refractivity contribution in [2.45, 2.75) is 31.2 Å². The van der Waals surface area contributed by atoms with Crippen LogP contribution in [-0.2, 0) is 10.0 Å². The fourth-order valence-corrected chi connectivity index (χ4v) is 4.21. The normalized spacial score (nSPS) is 11.7. The molecule has 0 radical (unpaired) electrons. The van der Waals surface area contributed by atoms with Gasteiger partial charge in [0.05, 0.1) is 27.0 Å². The Morgan fingerprint density at radius 2 is 1.52 bits per heavy atom. The van der Waals surface area contributed by atoms with Crippen molar-refractivity contribution in [3.8, 4) is 17.2 Å². The highest BCUT2D eigenvalue weighted by Crippen LogP contribution is 2.30. The number of hydrogen-bond acceptors (Lipinski definition) is 6. The summed E-state index contributed by atoms with van der Waals surface area (Å²) in [5, 5.41) is 2.72. The van der Waals surface area contributed by atoms with Crippen LogP contribution in [0, 0.1) is 0 Å². The number of carbonyl (C=O) groups is 1. The van der Waals surface area contributed by atoms with Gasteiger partial charge in [-0.05, 0) is 51.1 Å². The summed E-state index contributed by atoms with van der Waals surface area (Å²) in [6, 6.07) is 9.16. The van der Waals surface area contributed by atoms with Crippen molar-refractivity contribution in [2.75, 3.05) is 26.6 Å². The Morgan fingerprint density at radius 1 is 0.897 bits per heavy atom. The van der Waals surface area contributed by atoms with Crippen molar-refractivity contribution in [1.29, 1.82) is 0 Å². The molecule has 2 rings (SSSR count). The van der Waals surface area contributed by atoms with E-state index in [9.17, 15) is 13.2 Å². The van der Waals surface area contributed by atoms with Gasteiger partial charge in [0.1, 0.15) is 22.1 Å². The lowest BCUT2D eigenvalue weighted by Gasteiger charge is -2.21. The van der Waals surface area contributed by atoms with Crippen LogP contribution in [-0.4, -0.2) is 41.2 Å². The molecule has 1 amide bonds. The summed E-state index contributed by atoms with van der Waals surface area (Å²) in [6.07, 6.45) is 0. The maximum Gasteiger partial charge on any atom is 0.255 e. The van der Waals surface area contributed by atoms with E-state index in [4.69, 9.17) is 14.2 Å². The number of amides is 1. The summed E-state index contributed by atoms with van der Waals surface area (Å²) >= 11 is 0. The molecular formula is C20H26N2O6S. The van der Waals surface area contributed by atoms with E-state index < -0.39 is 21.5 Å². The molecule has 8 nitrogen and oxygen atoms in total. The lowest BCUT2D eigenvalue weighted by molar-refractivity contribution is 0.102. The summed E-state index contributed by atoms with van der Waals surface area (Å²) in [5.74, 6) is 0.604. The maximum atomic E-state index is 12.8. The predicted octanol–water partition coefficient (Wildman–Crippen LogP) is 3.04. The second-order valence-corrected chi connectivity index (χ2v) is 8.89. The summed E-state index contributed by atoms with van der Waals surface area (Å²) in [6.45, 7) is 5.17. The highest BCUT2D eigenvalue weighted by Gasteiger charge is 2.26. The number of methoxy groups -OCH3 is 3. The average molecular weight is 423 g/mol. The standard InChI is InChI=1S/C20H26N2O6S/c1-20(2,3)22-29(24,25)18-11-13(7-9-17(18)28-6)19(23)21-15-12-14(26-4)8-10-16(15)27-5/h7-12,22H,1-6H3,(H,21,23). The minimum absolute atomic E-state index is 0.125.